The second kappa shape index (κ2) is 4.14. The molecule has 1 saturated heterocycles. The SMILES string of the molecule is OC1(CNC2=NCCN2)CCOCC1. The first-order valence-corrected chi connectivity index (χ1v) is 5.11. The van der Waals surface area contributed by atoms with Crippen molar-refractivity contribution in [2.75, 3.05) is 32.8 Å². The molecule has 0 aliphatic carbocycles. The first-order chi connectivity index (χ1) is 6.79. The standard InChI is InChI=1S/C9H17N3O2/c13-9(1-5-14-6-2-9)7-12-8-10-3-4-11-8/h13H,1-7H2,(H2,10,11,12). The number of hydrogen-bond acceptors (Lipinski definition) is 5. The fourth-order valence-corrected chi connectivity index (χ4v) is 1.69. The molecule has 5 nitrogen and oxygen atoms in total. The summed E-state index contributed by atoms with van der Waals surface area (Å²) in [5, 5.41) is 16.3. The average Bonchev–Trinajstić information content (AvgIpc) is 2.69. The number of guanidine groups is 1. The topological polar surface area (TPSA) is 65.9 Å². The smallest absolute Gasteiger partial charge is 0.191 e. The predicted molar refractivity (Wildman–Crippen MR) is 53.3 cm³/mol. The van der Waals surface area contributed by atoms with Gasteiger partial charge in [-0.15, -0.1) is 0 Å². The van der Waals surface area contributed by atoms with Crippen LogP contribution in [0.2, 0.25) is 0 Å². The van der Waals surface area contributed by atoms with E-state index in [1.807, 2.05) is 0 Å². The van der Waals surface area contributed by atoms with Gasteiger partial charge in [-0.1, -0.05) is 0 Å². The molecule has 80 valence electrons. The fourth-order valence-electron chi connectivity index (χ4n) is 1.69. The molecule has 0 unspecified atom stereocenters. The summed E-state index contributed by atoms with van der Waals surface area (Å²) in [7, 11) is 0. The summed E-state index contributed by atoms with van der Waals surface area (Å²) in [6.45, 7) is 3.58. The van der Waals surface area contributed by atoms with Gasteiger partial charge in [0.2, 0.25) is 0 Å². The van der Waals surface area contributed by atoms with E-state index in [2.05, 4.69) is 15.6 Å². The molecule has 2 heterocycles. The van der Waals surface area contributed by atoms with Crippen molar-refractivity contribution in [1.82, 2.24) is 10.6 Å². The second-order valence-electron chi connectivity index (χ2n) is 3.85. The van der Waals surface area contributed by atoms with Gasteiger partial charge in [-0.25, -0.2) is 0 Å². The number of ether oxygens (including phenoxy) is 1. The Labute approximate surface area is 83.5 Å². The summed E-state index contributed by atoms with van der Waals surface area (Å²) in [6.07, 6.45) is 1.40. The highest BCUT2D eigenvalue weighted by atomic mass is 16.5. The van der Waals surface area contributed by atoms with Gasteiger partial charge in [-0.2, -0.15) is 0 Å². The molecule has 0 bridgehead atoms. The number of aliphatic imine (C=N–C) groups is 1. The third-order valence-electron chi connectivity index (χ3n) is 2.68. The lowest BCUT2D eigenvalue weighted by atomic mass is 9.94. The van der Waals surface area contributed by atoms with Crippen molar-refractivity contribution in [1.29, 1.82) is 0 Å². The number of nitrogens with zero attached hydrogens (tertiary/aromatic N) is 1. The molecular formula is C9H17N3O2. The Hall–Kier alpha value is -0.810. The van der Waals surface area contributed by atoms with Crippen molar-refractivity contribution in [3.63, 3.8) is 0 Å². The van der Waals surface area contributed by atoms with Crippen LogP contribution in [0.25, 0.3) is 0 Å². The van der Waals surface area contributed by atoms with E-state index < -0.39 is 5.60 Å². The van der Waals surface area contributed by atoms with E-state index in [1.165, 1.54) is 0 Å². The minimum atomic E-state index is -0.620. The Morgan fingerprint density at radius 1 is 1.50 bits per heavy atom. The zero-order valence-electron chi connectivity index (χ0n) is 8.25. The van der Waals surface area contributed by atoms with Crippen LogP contribution in [-0.4, -0.2) is 49.5 Å². The summed E-state index contributed by atoms with van der Waals surface area (Å²) in [4.78, 5) is 4.20. The quantitative estimate of drug-likeness (QED) is 0.538. The third kappa shape index (κ3) is 2.36. The van der Waals surface area contributed by atoms with Gasteiger partial charge < -0.3 is 20.5 Å². The molecule has 0 amide bonds. The summed E-state index contributed by atoms with van der Waals surface area (Å²) in [6, 6.07) is 0. The van der Waals surface area contributed by atoms with E-state index >= 15 is 0 Å². The lowest BCUT2D eigenvalue weighted by molar-refractivity contribution is -0.0593. The van der Waals surface area contributed by atoms with Crippen LogP contribution in [0.15, 0.2) is 4.99 Å². The van der Waals surface area contributed by atoms with Gasteiger partial charge in [-0.05, 0) is 0 Å². The molecule has 3 N–H and O–H groups in total. The van der Waals surface area contributed by atoms with Crippen LogP contribution >= 0.6 is 0 Å². The molecule has 0 aromatic heterocycles. The molecule has 0 radical (unpaired) electrons. The molecule has 0 aromatic carbocycles. The Kier molecular flexibility index (Phi) is 2.88. The number of rotatable bonds is 2. The van der Waals surface area contributed by atoms with Crippen molar-refractivity contribution >= 4 is 5.96 Å². The van der Waals surface area contributed by atoms with Crippen molar-refractivity contribution < 1.29 is 9.84 Å². The van der Waals surface area contributed by atoms with E-state index in [9.17, 15) is 5.11 Å². The fraction of sp³-hybridized carbons (Fsp3) is 0.889. The van der Waals surface area contributed by atoms with Crippen molar-refractivity contribution in [2.45, 2.75) is 18.4 Å². The van der Waals surface area contributed by atoms with Crippen molar-refractivity contribution in [2.24, 2.45) is 4.99 Å². The molecule has 2 aliphatic heterocycles. The minimum absolute atomic E-state index is 0.558. The Morgan fingerprint density at radius 2 is 2.29 bits per heavy atom. The highest BCUT2D eigenvalue weighted by Gasteiger charge is 2.29. The highest BCUT2D eigenvalue weighted by molar-refractivity contribution is 5.81. The first kappa shape index (κ1) is 9.73. The van der Waals surface area contributed by atoms with Crippen LogP contribution in [0.5, 0.6) is 0 Å². The summed E-state index contributed by atoms with van der Waals surface area (Å²) in [5.74, 6) is 0.810. The normalized spacial score (nSPS) is 25.4. The van der Waals surface area contributed by atoms with E-state index in [1.54, 1.807) is 0 Å². The molecule has 2 aliphatic rings. The van der Waals surface area contributed by atoms with Crippen LogP contribution in [0, 0.1) is 0 Å². The maximum absolute atomic E-state index is 10.1. The minimum Gasteiger partial charge on any atom is -0.388 e. The molecular weight excluding hydrogens is 182 g/mol. The molecule has 2 rings (SSSR count). The largest absolute Gasteiger partial charge is 0.388 e. The number of hydrogen-bond donors (Lipinski definition) is 3. The number of aliphatic hydroxyl groups is 1. The Morgan fingerprint density at radius 3 is 2.93 bits per heavy atom. The Balaban J connectivity index is 1.77. The van der Waals surface area contributed by atoms with Crippen molar-refractivity contribution in [3.8, 4) is 0 Å². The molecule has 0 atom stereocenters. The maximum Gasteiger partial charge on any atom is 0.191 e. The molecule has 0 aromatic rings. The summed E-state index contributed by atoms with van der Waals surface area (Å²) >= 11 is 0. The highest BCUT2D eigenvalue weighted by Crippen LogP contribution is 2.19. The van der Waals surface area contributed by atoms with Crippen LogP contribution in [0.1, 0.15) is 12.8 Å². The molecule has 5 heteroatoms. The lowest BCUT2D eigenvalue weighted by Crippen LogP contribution is -2.48. The number of nitrogens with one attached hydrogen (secondary N) is 2. The van der Waals surface area contributed by atoms with Gasteiger partial charge in [0, 0.05) is 39.1 Å². The van der Waals surface area contributed by atoms with Gasteiger partial charge in [0.15, 0.2) is 5.96 Å². The van der Waals surface area contributed by atoms with Crippen LogP contribution in [0.3, 0.4) is 0 Å². The van der Waals surface area contributed by atoms with E-state index in [0.717, 1.165) is 19.0 Å². The second-order valence-corrected chi connectivity index (χ2v) is 3.85. The maximum atomic E-state index is 10.1. The van der Waals surface area contributed by atoms with Gasteiger partial charge in [0.1, 0.15) is 0 Å². The van der Waals surface area contributed by atoms with Gasteiger partial charge in [-0.3, -0.25) is 4.99 Å². The molecule has 14 heavy (non-hydrogen) atoms. The van der Waals surface area contributed by atoms with Gasteiger partial charge in [0.05, 0.1) is 12.1 Å². The van der Waals surface area contributed by atoms with Gasteiger partial charge in [0.25, 0.3) is 0 Å². The molecule has 1 fully saturated rings. The summed E-state index contributed by atoms with van der Waals surface area (Å²) in [5.41, 5.74) is -0.620. The predicted octanol–water partition coefficient (Wildman–Crippen LogP) is -0.923. The molecule has 0 spiro atoms. The molecule has 0 saturated carbocycles. The lowest BCUT2D eigenvalue weighted by Gasteiger charge is -2.32. The Bertz CT molecular complexity index is 224. The summed E-state index contributed by atoms with van der Waals surface area (Å²) < 4.78 is 5.20. The first-order valence-electron chi connectivity index (χ1n) is 5.11. The van der Waals surface area contributed by atoms with Gasteiger partial charge >= 0.3 is 0 Å². The van der Waals surface area contributed by atoms with Crippen LogP contribution in [0.4, 0.5) is 0 Å². The van der Waals surface area contributed by atoms with Crippen LogP contribution in [-0.2, 0) is 4.74 Å². The third-order valence-corrected chi connectivity index (χ3v) is 2.68. The zero-order chi connectivity index (χ0) is 9.86. The van der Waals surface area contributed by atoms with E-state index in [-0.39, 0.29) is 0 Å². The average molecular weight is 199 g/mol. The van der Waals surface area contributed by atoms with E-state index in [0.29, 0.717) is 32.6 Å². The zero-order valence-corrected chi connectivity index (χ0v) is 8.25. The van der Waals surface area contributed by atoms with E-state index in [4.69, 9.17) is 4.74 Å². The van der Waals surface area contributed by atoms with Crippen molar-refractivity contribution in [3.05, 3.63) is 0 Å². The van der Waals surface area contributed by atoms with Crippen LogP contribution < -0.4 is 10.6 Å². The monoisotopic (exact) mass is 199 g/mol.